The highest BCUT2D eigenvalue weighted by atomic mass is 15.2. The summed E-state index contributed by atoms with van der Waals surface area (Å²) in [6, 6.07) is 0. The Labute approximate surface area is 110 Å². The van der Waals surface area contributed by atoms with E-state index in [-0.39, 0.29) is 11.1 Å². The predicted molar refractivity (Wildman–Crippen MR) is 78.0 cm³/mol. The smallest absolute Gasteiger partial charge is 0.150 e. The van der Waals surface area contributed by atoms with E-state index < -0.39 is 0 Å². The molecule has 0 aromatic heterocycles. The zero-order chi connectivity index (χ0) is 13.4. The molecule has 2 unspecified atom stereocenters. The summed E-state index contributed by atoms with van der Waals surface area (Å²) in [5.74, 6) is 1.40. The summed E-state index contributed by atoms with van der Waals surface area (Å²) in [7, 11) is 0. The first-order chi connectivity index (χ1) is 8.38. The third-order valence-electron chi connectivity index (χ3n) is 4.14. The molecule has 0 saturated heterocycles. The number of fused-ring (bicyclic) bond motifs is 1. The fourth-order valence-corrected chi connectivity index (χ4v) is 1.91. The molecule has 0 fully saturated rings. The fraction of sp³-hybridized carbons (Fsp3) is 0.600. The molecule has 3 nitrogen and oxygen atoms in total. The highest BCUT2D eigenvalue weighted by Gasteiger charge is 2.29. The van der Waals surface area contributed by atoms with Gasteiger partial charge in [0.2, 0.25) is 0 Å². The molecule has 2 aliphatic rings. The number of hydrogen-bond donors (Lipinski definition) is 0. The van der Waals surface area contributed by atoms with E-state index in [1.807, 2.05) is 6.21 Å². The van der Waals surface area contributed by atoms with Crippen LogP contribution in [0, 0.1) is 5.92 Å². The molecule has 0 spiro atoms. The lowest BCUT2D eigenvalue weighted by Gasteiger charge is -2.28. The molecule has 0 bridgehead atoms. The van der Waals surface area contributed by atoms with Crippen molar-refractivity contribution in [2.24, 2.45) is 15.9 Å². The molecule has 0 saturated carbocycles. The molecule has 0 amide bonds. The van der Waals surface area contributed by atoms with Crippen LogP contribution in [0.1, 0.15) is 41.0 Å². The lowest BCUT2D eigenvalue weighted by molar-refractivity contribution is 0.423. The van der Waals surface area contributed by atoms with Gasteiger partial charge >= 0.3 is 0 Å². The van der Waals surface area contributed by atoms with Gasteiger partial charge in [-0.2, -0.15) is 0 Å². The number of hydrogen-bond acceptors (Lipinski definition) is 3. The van der Waals surface area contributed by atoms with Gasteiger partial charge in [0.25, 0.3) is 0 Å². The lowest BCUT2D eigenvalue weighted by atomic mass is 9.89. The summed E-state index contributed by atoms with van der Waals surface area (Å²) >= 11 is 0. The van der Waals surface area contributed by atoms with Crippen molar-refractivity contribution in [2.75, 3.05) is 0 Å². The Morgan fingerprint density at radius 2 is 1.89 bits per heavy atom. The molecule has 3 heteroatoms. The molecule has 2 heterocycles. The van der Waals surface area contributed by atoms with Crippen molar-refractivity contribution in [2.45, 2.75) is 52.1 Å². The van der Waals surface area contributed by atoms with Crippen LogP contribution in [0.25, 0.3) is 0 Å². The van der Waals surface area contributed by atoms with Crippen LogP contribution in [-0.4, -0.2) is 28.0 Å². The van der Waals surface area contributed by atoms with Gasteiger partial charge in [0, 0.05) is 12.4 Å². The molecule has 98 valence electrons. The zero-order valence-electron chi connectivity index (χ0n) is 12.0. The van der Waals surface area contributed by atoms with Gasteiger partial charge in [0.05, 0.1) is 17.3 Å². The maximum atomic E-state index is 4.79. The van der Waals surface area contributed by atoms with Crippen LogP contribution in [0.2, 0.25) is 0 Å². The van der Waals surface area contributed by atoms with E-state index in [1.165, 1.54) is 0 Å². The van der Waals surface area contributed by atoms with Gasteiger partial charge in [-0.1, -0.05) is 20.8 Å². The Hall–Kier alpha value is -1.38. The van der Waals surface area contributed by atoms with Gasteiger partial charge in [-0.15, -0.1) is 0 Å². The molecular formula is C15H23N3. The monoisotopic (exact) mass is 245 g/mol. The van der Waals surface area contributed by atoms with E-state index in [4.69, 9.17) is 9.98 Å². The van der Waals surface area contributed by atoms with Crippen molar-refractivity contribution in [3.8, 4) is 0 Å². The average molecular weight is 245 g/mol. The van der Waals surface area contributed by atoms with E-state index in [1.54, 1.807) is 0 Å². The van der Waals surface area contributed by atoms with Crippen molar-refractivity contribution in [1.82, 2.24) is 4.90 Å². The number of nitrogens with zero attached hydrogens (tertiary/aromatic N) is 3. The average Bonchev–Trinajstić information content (AvgIpc) is 2.50. The van der Waals surface area contributed by atoms with Crippen LogP contribution < -0.4 is 0 Å². The Morgan fingerprint density at radius 3 is 2.50 bits per heavy atom. The van der Waals surface area contributed by atoms with E-state index in [0.717, 1.165) is 12.3 Å². The molecule has 0 aromatic rings. The molecular weight excluding hydrogens is 222 g/mol. The second-order valence-electron chi connectivity index (χ2n) is 5.86. The normalized spacial score (nSPS) is 34.6. The Balaban J connectivity index is 2.37. The molecule has 18 heavy (non-hydrogen) atoms. The zero-order valence-corrected chi connectivity index (χ0v) is 12.0. The highest BCUT2D eigenvalue weighted by molar-refractivity contribution is 6.30. The molecule has 2 atom stereocenters. The van der Waals surface area contributed by atoms with Crippen LogP contribution >= 0.6 is 0 Å². The van der Waals surface area contributed by atoms with Gasteiger partial charge in [-0.25, -0.2) is 0 Å². The van der Waals surface area contributed by atoms with Gasteiger partial charge < -0.3 is 4.90 Å². The van der Waals surface area contributed by atoms with Crippen LogP contribution in [0.4, 0.5) is 0 Å². The van der Waals surface area contributed by atoms with Crippen LogP contribution in [0.15, 0.2) is 34.5 Å². The molecule has 0 aromatic carbocycles. The minimum atomic E-state index is -0.143. The van der Waals surface area contributed by atoms with E-state index >= 15 is 0 Å². The number of rotatable bonds is 2. The predicted octanol–water partition coefficient (Wildman–Crippen LogP) is 3.40. The number of aliphatic imine (C=N–C) groups is 2. The van der Waals surface area contributed by atoms with Crippen LogP contribution in [0.5, 0.6) is 0 Å². The summed E-state index contributed by atoms with van der Waals surface area (Å²) in [6.45, 7) is 10.9. The molecule has 0 radical (unpaired) electrons. The van der Waals surface area contributed by atoms with Gasteiger partial charge in [0.15, 0.2) is 5.84 Å². The maximum absolute atomic E-state index is 4.79. The summed E-state index contributed by atoms with van der Waals surface area (Å²) < 4.78 is 0. The SMILES string of the molecule is CCC1(C)C=CN2C=CC(C)(C(C)C)N=CC2=N1. The minimum absolute atomic E-state index is 0.0930. The van der Waals surface area contributed by atoms with Crippen molar-refractivity contribution >= 4 is 12.1 Å². The quantitative estimate of drug-likeness (QED) is 0.733. The first kappa shape index (κ1) is 13.1. The van der Waals surface area contributed by atoms with Gasteiger partial charge in [-0.05, 0) is 38.3 Å². The molecule has 0 aliphatic carbocycles. The van der Waals surface area contributed by atoms with Gasteiger partial charge in [0.1, 0.15) is 0 Å². The summed E-state index contributed by atoms with van der Waals surface area (Å²) in [5.41, 5.74) is -0.236. The topological polar surface area (TPSA) is 28.0 Å². The highest BCUT2D eigenvalue weighted by Crippen LogP contribution is 2.27. The Bertz CT molecular complexity index is 445. The summed E-state index contributed by atoms with van der Waals surface area (Å²) in [4.78, 5) is 11.6. The maximum Gasteiger partial charge on any atom is 0.150 e. The van der Waals surface area contributed by atoms with Crippen molar-refractivity contribution < 1.29 is 0 Å². The summed E-state index contributed by atoms with van der Waals surface area (Å²) in [5, 5.41) is 0. The summed E-state index contributed by atoms with van der Waals surface area (Å²) in [6.07, 6.45) is 11.4. The second-order valence-corrected chi connectivity index (χ2v) is 5.86. The molecule has 2 rings (SSSR count). The standard InChI is InChI=1S/C15H23N3/c1-6-14(4)7-9-18-10-8-15(5,12(2)3)16-11-13(18)17-14/h7-12H,6H2,1-5H3. The molecule has 0 N–H and O–H groups in total. The first-order valence-corrected chi connectivity index (χ1v) is 6.71. The van der Waals surface area contributed by atoms with Crippen molar-refractivity contribution in [3.05, 3.63) is 24.6 Å². The first-order valence-electron chi connectivity index (χ1n) is 6.71. The third kappa shape index (κ3) is 2.26. The fourth-order valence-electron chi connectivity index (χ4n) is 1.91. The Kier molecular flexibility index (Phi) is 3.18. The molecule has 2 aliphatic heterocycles. The van der Waals surface area contributed by atoms with E-state index in [0.29, 0.717) is 5.92 Å². The second kappa shape index (κ2) is 4.38. The Morgan fingerprint density at radius 1 is 1.22 bits per heavy atom. The van der Waals surface area contributed by atoms with E-state index in [9.17, 15) is 0 Å². The minimum Gasteiger partial charge on any atom is -0.308 e. The van der Waals surface area contributed by atoms with E-state index in [2.05, 4.69) is 64.1 Å². The van der Waals surface area contributed by atoms with Crippen molar-refractivity contribution in [3.63, 3.8) is 0 Å². The number of amidine groups is 1. The van der Waals surface area contributed by atoms with Gasteiger partial charge in [-0.3, -0.25) is 9.98 Å². The van der Waals surface area contributed by atoms with Crippen LogP contribution in [0.3, 0.4) is 0 Å². The lowest BCUT2D eigenvalue weighted by Crippen LogP contribution is -2.32. The third-order valence-corrected chi connectivity index (χ3v) is 4.14. The largest absolute Gasteiger partial charge is 0.308 e. The van der Waals surface area contributed by atoms with Crippen LogP contribution in [-0.2, 0) is 0 Å². The van der Waals surface area contributed by atoms with Crippen molar-refractivity contribution in [1.29, 1.82) is 0 Å².